The molecule has 1 aromatic heterocycles. The second kappa shape index (κ2) is 6.49. The van der Waals surface area contributed by atoms with Crippen LogP contribution in [0.2, 0.25) is 0 Å². The van der Waals surface area contributed by atoms with E-state index in [2.05, 4.69) is 0 Å². The summed E-state index contributed by atoms with van der Waals surface area (Å²) in [4.78, 5) is 35.5. The zero-order valence-corrected chi connectivity index (χ0v) is 12.4. The van der Waals surface area contributed by atoms with Crippen molar-refractivity contribution in [2.24, 2.45) is 0 Å². The van der Waals surface area contributed by atoms with Gasteiger partial charge in [-0.2, -0.15) is 0 Å². The Labute approximate surface area is 135 Å². The number of Topliss-reactive ketones (excluding diaryl/α,β-unsaturated/α-hetero) is 1. The number of rotatable bonds is 5. The summed E-state index contributed by atoms with van der Waals surface area (Å²) in [6, 6.07) is 12.0. The van der Waals surface area contributed by atoms with Gasteiger partial charge in [-0.3, -0.25) is 14.2 Å². The molecule has 0 aliphatic heterocycles. The minimum Gasteiger partial charge on any atom is -0.456 e. The van der Waals surface area contributed by atoms with Crippen LogP contribution in [0.3, 0.4) is 0 Å². The van der Waals surface area contributed by atoms with Gasteiger partial charge in [0.1, 0.15) is 12.4 Å². The Hall–Kier alpha value is -3.22. The molecule has 3 aromatic rings. The van der Waals surface area contributed by atoms with Gasteiger partial charge in [-0.15, -0.1) is 0 Å². The van der Waals surface area contributed by atoms with E-state index in [1.165, 1.54) is 18.2 Å². The number of fused-ring (bicyclic) bond motifs is 1. The number of esters is 1. The van der Waals surface area contributed by atoms with E-state index in [4.69, 9.17) is 9.15 Å². The summed E-state index contributed by atoms with van der Waals surface area (Å²) >= 11 is 0. The lowest BCUT2D eigenvalue weighted by Crippen LogP contribution is -2.23. The molecule has 3 rings (SSSR count). The smallest absolute Gasteiger partial charge is 0.420 e. The van der Waals surface area contributed by atoms with Crippen LogP contribution in [-0.4, -0.2) is 22.9 Å². The van der Waals surface area contributed by atoms with Crippen LogP contribution in [0.15, 0.2) is 57.7 Å². The van der Waals surface area contributed by atoms with Gasteiger partial charge in [-0.25, -0.2) is 9.18 Å². The van der Waals surface area contributed by atoms with Crippen LogP contribution >= 0.6 is 0 Å². The maximum absolute atomic E-state index is 13.5. The van der Waals surface area contributed by atoms with Crippen molar-refractivity contribution in [3.63, 3.8) is 0 Å². The number of para-hydroxylation sites is 2. The minimum absolute atomic E-state index is 0.156. The summed E-state index contributed by atoms with van der Waals surface area (Å²) in [6.45, 7) is -1.01. The number of nitrogens with zero attached hydrogens (tertiary/aromatic N) is 1. The molecular weight excluding hydrogens is 317 g/mol. The van der Waals surface area contributed by atoms with Crippen molar-refractivity contribution in [2.45, 2.75) is 6.54 Å². The third-order valence-electron chi connectivity index (χ3n) is 3.40. The normalized spacial score (nSPS) is 10.7. The first-order valence-electron chi connectivity index (χ1n) is 7.08. The maximum Gasteiger partial charge on any atom is 0.420 e. The molecule has 0 aliphatic carbocycles. The van der Waals surface area contributed by atoms with Gasteiger partial charge < -0.3 is 9.15 Å². The van der Waals surface area contributed by atoms with Crippen LogP contribution in [0.5, 0.6) is 0 Å². The summed E-state index contributed by atoms with van der Waals surface area (Å²) < 4.78 is 24.4. The molecule has 0 N–H and O–H groups in total. The van der Waals surface area contributed by atoms with Crippen LogP contribution in [0.1, 0.15) is 10.4 Å². The number of ketones is 1. The van der Waals surface area contributed by atoms with Gasteiger partial charge in [-0.05, 0) is 24.3 Å². The molecule has 122 valence electrons. The van der Waals surface area contributed by atoms with Crippen molar-refractivity contribution in [1.29, 1.82) is 0 Å². The Bertz CT molecular complexity index is 972. The van der Waals surface area contributed by atoms with Crippen LogP contribution in [0.4, 0.5) is 4.39 Å². The Morgan fingerprint density at radius 3 is 2.58 bits per heavy atom. The van der Waals surface area contributed by atoms with E-state index < -0.39 is 36.5 Å². The molecule has 7 heteroatoms. The van der Waals surface area contributed by atoms with Crippen LogP contribution in [0.25, 0.3) is 11.1 Å². The van der Waals surface area contributed by atoms with Gasteiger partial charge in [0.05, 0.1) is 11.1 Å². The zero-order valence-electron chi connectivity index (χ0n) is 12.4. The number of carbonyl (C=O) groups excluding carboxylic acids is 2. The van der Waals surface area contributed by atoms with Crippen LogP contribution in [-0.2, 0) is 16.1 Å². The Kier molecular flexibility index (Phi) is 4.24. The van der Waals surface area contributed by atoms with Crippen molar-refractivity contribution in [3.05, 3.63) is 70.5 Å². The van der Waals surface area contributed by atoms with E-state index in [1.54, 1.807) is 24.3 Å². The number of hydrogen-bond donors (Lipinski definition) is 0. The Morgan fingerprint density at radius 2 is 1.79 bits per heavy atom. The third kappa shape index (κ3) is 3.10. The molecule has 6 nitrogen and oxygen atoms in total. The van der Waals surface area contributed by atoms with E-state index in [1.807, 2.05) is 0 Å². The molecule has 0 bridgehead atoms. The van der Waals surface area contributed by atoms with Crippen molar-refractivity contribution in [1.82, 2.24) is 4.57 Å². The second-order valence-electron chi connectivity index (χ2n) is 4.99. The van der Waals surface area contributed by atoms with Crippen molar-refractivity contribution in [2.75, 3.05) is 6.61 Å². The average Bonchev–Trinajstić information content (AvgIpc) is 2.89. The van der Waals surface area contributed by atoms with Gasteiger partial charge in [0.15, 0.2) is 12.2 Å². The molecule has 0 saturated heterocycles. The number of aromatic nitrogens is 1. The first-order chi connectivity index (χ1) is 11.6. The second-order valence-corrected chi connectivity index (χ2v) is 4.99. The standard InChI is InChI=1S/C17H12FNO5/c18-12-6-2-1-5-11(12)14(20)10-23-16(21)9-19-13-7-3-4-8-15(13)24-17(19)22/h1-8H,9-10H2. The SMILES string of the molecule is O=C(Cn1c(=O)oc2ccccc21)OCC(=O)c1ccccc1F. The fraction of sp³-hybridized carbons (Fsp3) is 0.118. The highest BCUT2D eigenvalue weighted by atomic mass is 19.1. The fourth-order valence-electron chi connectivity index (χ4n) is 2.25. The zero-order chi connectivity index (χ0) is 17.1. The summed E-state index contributed by atoms with van der Waals surface area (Å²) in [6.07, 6.45) is 0. The number of halogens is 1. The number of ether oxygens (including phenoxy) is 1. The maximum atomic E-state index is 13.5. The fourth-order valence-corrected chi connectivity index (χ4v) is 2.25. The van der Waals surface area contributed by atoms with E-state index in [9.17, 15) is 18.8 Å². The van der Waals surface area contributed by atoms with Crippen molar-refractivity contribution < 1.29 is 23.1 Å². The summed E-state index contributed by atoms with van der Waals surface area (Å²) in [5.41, 5.74) is 0.633. The number of oxazole rings is 1. The quantitative estimate of drug-likeness (QED) is 0.529. The van der Waals surface area contributed by atoms with Gasteiger partial charge in [-0.1, -0.05) is 24.3 Å². The van der Waals surface area contributed by atoms with Crippen molar-refractivity contribution in [3.8, 4) is 0 Å². The molecule has 0 spiro atoms. The van der Waals surface area contributed by atoms with Gasteiger partial charge in [0, 0.05) is 0 Å². The monoisotopic (exact) mass is 329 g/mol. The molecule has 0 radical (unpaired) electrons. The first-order valence-corrected chi connectivity index (χ1v) is 7.08. The predicted octanol–water partition coefficient (Wildman–Crippen LogP) is 2.16. The Morgan fingerprint density at radius 1 is 1.08 bits per heavy atom. The lowest BCUT2D eigenvalue weighted by Gasteiger charge is -2.05. The topological polar surface area (TPSA) is 78.5 Å². The molecule has 0 aliphatic rings. The minimum atomic E-state index is -0.798. The predicted molar refractivity (Wildman–Crippen MR) is 82.2 cm³/mol. The molecule has 0 atom stereocenters. The molecule has 2 aromatic carbocycles. The van der Waals surface area contributed by atoms with E-state index in [0.29, 0.717) is 11.1 Å². The van der Waals surface area contributed by atoms with Gasteiger partial charge >= 0.3 is 11.7 Å². The number of hydrogen-bond acceptors (Lipinski definition) is 5. The molecular formula is C17H12FNO5. The lowest BCUT2D eigenvalue weighted by molar-refractivity contribution is -0.143. The van der Waals surface area contributed by atoms with Crippen LogP contribution in [0, 0.1) is 5.82 Å². The highest BCUT2D eigenvalue weighted by molar-refractivity contribution is 5.98. The molecule has 1 heterocycles. The molecule has 0 saturated carbocycles. The summed E-state index contributed by atoms with van der Waals surface area (Å²) in [7, 11) is 0. The summed E-state index contributed by atoms with van der Waals surface area (Å²) in [5, 5.41) is 0. The van der Waals surface area contributed by atoms with Gasteiger partial charge in [0.2, 0.25) is 5.78 Å². The van der Waals surface area contributed by atoms with Crippen molar-refractivity contribution >= 4 is 22.9 Å². The number of benzene rings is 2. The number of carbonyl (C=O) groups is 2. The Balaban J connectivity index is 1.68. The van der Waals surface area contributed by atoms with Crippen LogP contribution < -0.4 is 5.76 Å². The largest absolute Gasteiger partial charge is 0.456 e. The lowest BCUT2D eigenvalue weighted by atomic mass is 10.1. The molecule has 0 fully saturated rings. The highest BCUT2D eigenvalue weighted by Crippen LogP contribution is 2.12. The van der Waals surface area contributed by atoms with E-state index in [-0.39, 0.29) is 5.56 Å². The highest BCUT2D eigenvalue weighted by Gasteiger charge is 2.16. The first kappa shape index (κ1) is 15.7. The van der Waals surface area contributed by atoms with Gasteiger partial charge in [0.25, 0.3) is 0 Å². The average molecular weight is 329 g/mol. The molecule has 0 amide bonds. The molecule has 24 heavy (non-hydrogen) atoms. The third-order valence-corrected chi connectivity index (χ3v) is 3.40. The van der Waals surface area contributed by atoms with E-state index in [0.717, 1.165) is 10.6 Å². The summed E-state index contributed by atoms with van der Waals surface area (Å²) in [5.74, 6) is -2.84. The van der Waals surface area contributed by atoms with E-state index >= 15 is 0 Å². The molecule has 0 unspecified atom stereocenters.